The van der Waals surface area contributed by atoms with Crippen LogP contribution in [-0.4, -0.2) is 25.0 Å². The lowest BCUT2D eigenvalue weighted by molar-refractivity contribution is 0.102. The maximum absolute atomic E-state index is 12.6. The minimum atomic E-state index is -0.0904. The van der Waals surface area contributed by atoms with Crippen molar-refractivity contribution in [1.29, 1.82) is 0 Å². The fraction of sp³-hybridized carbons (Fsp3) is 0.316. The Morgan fingerprint density at radius 1 is 1.32 bits per heavy atom. The molecule has 25 heavy (non-hydrogen) atoms. The molecule has 0 spiro atoms. The van der Waals surface area contributed by atoms with Gasteiger partial charge in [0.15, 0.2) is 0 Å². The molecule has 0 unspecified atom stereocenters. The van der Waals surface area contributed by atoms with E-state index in [0.29, 0.717) is 5.69 Å². The van der Waals surface area contributed by atoms with Crippen LogP contribution in [0, 0.1) is 19.8 Å². The van der Waals surface area contributed by atoms with E-state index in [0.717, 1.165) is 35.2 Å². The molecule has 1 saturated carbocycles. The van der Waals surface area contributed by atoms with Gasteiger partial charge >= 0.3 is 0 Å². The molecule has 1 amide bonds. The third-order valence-corrected chi connectivity index (χ3v) is 4.73. The molecule has 0 bridgehead atoms. The van der Waals surface area contributed by atoms with Gasteiger partial charge in [-0.3, -0.25) is 9.36 Å². The number of hydrogen-bond acceptors (Lipinski definition) is 3. The molecule has 3 aromatic heterocycles. The molecule has 0 saturated heterocycles. The number of nitrogens with one attached hydrogen (secondary N) is 1. The number of imidazole rings is 1. The first-order valence-electron chi connectivity index (χ1n) is 8.54. The van der Waals surface area contributed by atoms with E-state index in [4.69, 9.17) is 0 Å². The molecule has 3 aromatic rings. The summed E-state index contributed by atoms with van der Waals surface area (Å²) in [6, 6.07) is 5.68. The Hall–Kier alpha value is -2.89. The largest absolute Gasteiger partial charge is 0.348 e. The third-order valence-electron chi connectivity index (χ3n) is 4.73. The Bertz CT molecular complexity index is 889. The first-order chi connectivity index (χ1) is 12.1. The maximum atomic E-state index is 12.6. The molecule has 4 rings (SSSR count). The minimum Gasteiger partial charge on any atom is -0.348 e. The standard InChI is InChI=1S/C19H21N5O/c1-13-9-17(14(2)24(13)11-15-3-4-15)19(25)22-16-5-6-18(21-10-16)23-8-7-20-12-23/h5-10,12,15H,3-4,11H2,1-2H3,(H,22,25). The first-order valence-corrected chi connectivity index (χ1v) is 8.54. The highest BCUT2D eigenvalue weighted by atomic mass is 16.1. The molecule has 1 aliphatic rings. The SMILES string of the molecule is Cc1cc(C(=O)Nc2ccc(-n3ccnc3)nc2)c(C)n1CC1CC1. The van der Waals surface area contributed by atoms with Gasteiger partial charge in [0.05, 0.1) is 17.4 Å². The van der Waals surface area contributed by atoms with Crippen molar-refractivity contribution in [3.63, 3.8) is 0 Å². The van der Waals surface area contributed by atoms with Gasteiger partial charge < -0.3 is 9.88 Å². The average molecular weight is 335 g/mol. The van der Waals surface area contributed by atoms with Crippen LogP contribution in [0.4, 0.5) is 5.69 Å². The molecule has 1 aliphatic carbocycles. The van der Waals surface area contributed by atoms with Crippen LogP contribution in [0.3, 0.4) is 0 Å². The number of aromatic nitrogens is 4. The van der Waals surface area contributed by atoms with Crippen molar-refractivity contribution >= 4 is 11.6 Å². The lowest BCUT2D eigenvalue weighted by atomic mass is 10.2. The number of carbonyl (C=O) groups excluding carboxylic acids is 1. The summed E-state index contributed by atoms with van der Waals surface area (Å²) >= 11 is 0. The normalized spacial score (nSPS) is 13.8. The molecule has 6 heteroatoms. The van der Waals surface area contributed by atoms with Crippen molar-refractivity contribution in [2.45, 2.75) is 33.2 Å². The second-order valence-corrected chi connectivity index (χ2v) is 6.67. The lowest BCUT2D eigenvalue weighted by Crippen LogP contribution is -2.14. The van der Waals surface area contributed by atoms with Crippen molar-refractivity contribution in [3.05, 3.63) is 60.1 Å². The second-order valence-electron chi connectivity index (χ2n) is 6.67. The summed E-state index contributed by atoms with van der Waals surface area (Å²) in [5, 5.41) is 2.94. The molecular formula is C19H21N5O. The zero-order chi connectivity index (χ0) is 17.4. The Labute approximate surface area is 146 Å². The van der Waals surface area contributed by atoms with E-state index in [2.05, 4.69) is 26.8 Å². The van der Waals surface area contributed by atoms with E-state index in [1.165, 1.54) is 12.8 Å². The van der Waals surface area contributed by atoms with E-state index in [-0.39, 0.29) is 5.91 Å². The van der Waals surface area contributed by atoms with Gasteiger partial charge in [-0.25, -0.2) is 9.97 Å². The average Bonchev–Trinajstić information content (AvgIpc) is 3.17. The van der Waals surface area contributed by atoms with Crippen LogP contribution in [0.2, 0.25) is 0 Å². The maximum Gasteiger partial charge on any atom is 0.257 e. The van der Waals surface area contributed by atoms with Gasteiger partial charge in [0.25, 0.3) is 5.91 Å². The molecule has 3 heterocycles. The number of rotatable bonds is 5. The Morgan fingerprint density at radius 2 is 2.16 bits per heavy atom. The van der Waals surface area contributed by atoms with E-state index in [1.807, 2.05) is 35.9 Å². The monoisotopic (exact) mass is 335 g/mol. The van der Waals surface area contributed by atoms with Gasteiger partial charge in [0.1, 0.15) is 12.1 Å². The highest BCUT2D eigenvalue weighted by molar-refractivity contribution is 6.05. The molecular weight excluding hydrogens is 314 g/mol. The second kappa shape index (κ2) is 6.20. The minimum absolute atomic E-state index is 0.0904. The smallest absolute Gasteiger partial charge is 0.257 e. The van der Waals surface area contributed by atoms with Crippen LogP contribution in [0.25, 0.3) is 5.82 Å². The predicted octanol–water partition coefficient (Wildman–Crippen LogP) is 3.35. The zero-order valence-electron chi connectivity index (χ0n) is 14.4. The quantitative estimate of drug-likeness (QED) is 0.777. The number of aryl methyl sites for hydroxylation is 1. The summed E-state index contributed by atoms with van der Waals surface area (Å²) in [5.41, 5.74) is 3.59. The van der Waals surface area contributed by atoms with Crippen molar-refractivity contribution in [3.8, 4) is 5.82 Å². The van der Waals surface area contributed by atoms with Gasteiger partial charge in [-0.15, -0.1) is 0 Å². The molecule has 6 nitrogen and oxygen atoms in total. The summed E-state index contributed by atoms with van der Waals surface area (Å²) in [6.07, 6.45) is 9.48. The van der Waals surface area contributed by atoms with Crippen LogP contribution < -0.4 is 5.32 Å². The fourth-order valence-corrected chi connectivity index (χ4v) is 3.08. The first kappa shape index (κ1) is 15.6. The van der Waals surface area contributed by atoms with E-state index < -0.39 is 0 Å². The summed E-state index contributed by atoms with van der Waals surface area (Å²) < 4.78 is 4.07. The Kier molecular flexibility index (Phi) is 3.87. The number of hydrogen-bond donors (Lipinski definition) is 1. The Morgan fingerprint density at radius 3 is 2.80 bits per heavy atom. The van der Waals surface area contributed by atoms with Gasteiger partial charge in [0, 0.05) is 30.3 Å². The summed E-state index contributed by atoms with van der Waals surface area (Å²) in [4.78, 5) is 21.0. The van der Waals surface area contributed by atoms with E-state index in [1.54, 1.807) is 18.7 Å². The van der Waals surface area contributed by atoms with Crippen LogP contribution in [-0.2, 0) is 6.54 Å². The van der Waals surface area contributed by atoms with Crippen LogP contribution in [0.1, 0.15) is 34.6 Å². The van der Waals surface area contributed by atoms with Gasteiger partial charge in [0.2, 0.25) is 0 Å². The fourth-order valence-electron chi connectivity index (χ4n) is 3.08. The number of anilines is 1. The van der Waals surface area contributed by atoms with Gasteiger partial charge in [-0.2, -0.15) is 0 Å². The molecule has 0 radical (unpaired) electrons. The van der Waals surface area contributed by atoms with Crippen molar-refractivity contribution in [2.24, 2.45) is 5.92 Å². The highest BCUT2D eigenvalue weighted by Gasteiger charge is 2.24. The van der Waals surface area contributed by atoms with Crippen LogP contribution in [0.5, 0.6) is 0 Å². The van der Waals surface area contributed by atoms with Crippen molar-refractivity contribution in [2.75, 3.05) is 5.32 Å². The number of nitrogens with zero attached hydrogens (tertiary/aromatic N) is 4. The number of pyridine rings is 1. The van der Waals surface area contributed by atoms with Gasteiger partial charge in [-0.05, 0) is 50.8 Å². The molecule has 0 atom stereocenters. The number of amides is 1. The molecule has 0 aromatic carbocycles. The number of carbonyl (C=O) groups is 1. The topological polar surface area (TPSA) is 64.7 Å². The van der Waals surface area contributed by atoms with Crippen LogP contribution >= 0.6 is 0 Å². The molecule has 0 aliphatic heterocycles. The summed E-state index contributed by atoms with van der Waals surface area (Å²) in [7, 11) is 0. The lowest BCUT2D eigenvalue weighted by Gasteiger charge is -2.09. The van der Waals surface area contributed by atoms with Crippen molar-refractivity contribution in [1.82, 2.24) is 19.1 Å². The highest BCUT2D eigenvalue weighted by Crippen LogP contribution is 2.32. The molecule has 128 valence electrons. The molecule has 1 N–H and O–H groups in total. The van der Waals surface area contributed by atoms with Gasteiger partial charge in [-0.1, -0.05) is 0 Å². The van der Waals surface area contributed by atoms with Crippen molar-refractivity contribution < 1.29 is 4.79 Å². The van der Waals surface area contributed by atoms with Crippen LogP contribution in [0.15, 0.2) is 43.1 Å². The van der Waals surface area contributed by atoms with E-state index in [9.17, 15) is 4.79 Å². The third kappa shape index (κ3) is 3.20. The summed E-state index contributed by atoms with van der Waals surface area (Å²) in [5.74, 6) is 1.45. The summed E-state index contributed by atoms with van der Waals surface area (Å²) in [6.45, 7) is 5.10. The zero-order valence-corrected chi connectivity index (χ0v) is 14.4. The Balaban J connectivity index is 1.50. The van der Waals surface area contributed by atoms with E-state index >= 15 is 0 Å². The molecule has 1 fully saturated rings. The predicted molar refractivity (Wildman–Crippen MR) is 95.9 cm³/mol.